The van der Waals surface area contributed by atoms with Crippen molar-refractivity contribution in [3.8, 4) is 0 Å². The lowest BCUT2D eigenvalue weighted by molar-refractivity contribution is -0.138. The molecule has 0 unspecified atom stereocenters. The van der Waals surface area contributed by atoms with Gasteiger partial charge < -0.3 is 21.3 Å². The van der Waals surface area contributed by atoms with Gasteiger partial charge in [-0.2, -0.15) is 52.7 Å². The SMILES string of the molecule is CNc1nc(Cl)ncc1C(F)(F)F.CNc1ncc(C(F)(F)F)c(Cl)n1.CNc1ncc(C(F)(F)F)cn1.CNc1ncncc1C(F)(F)F. The number of rotatable bonds is 4. The largest absolute Gasteiger partial charge is 0.421 e. The Bertz CT molecular complexity index is 1640. The Morgan fingerprint density at radius 1 is 0.480 bits per heavy atom. The molecule has 0 fully saturated rings. The van der Waals surface area contributed by atoms with E-state index in [9.17, 15) is 52.7 Å². The monoisotopic (exact) mass is 776 g/mol. The zero-order chi connectivity index (χ0) is 38.5. The smallest absolute Gasteiger partial charge is 0.373 e. The Labute approximate surface area is 283 Å². The average Bonchev–Trinajstić information content (AvgIpc) is 3.03. The third-order valence-corrected chi connectivity index (χ3v) is 5.50. The third kappa shape index (κ3) is 14.0. The first-order chi connectivity index (χ1) is 23.0. The molecule has 0 aliphatic carbocycles. The van der Waals surface area contributed by atoms with Crippen molar-refractivity contribution in [2.75, 3.05) is 49.5 Å². The number of halogens is 14. The minimum atomic E-state index is -4.51. The van der Waals surface area contributed by atoms with Gasteiger partial charge in [0.15, 0.2) is 0 Å². The van der Waals surface area contributed by atoms with Crippen LogP contribution in [0.15, 0.2) is 37.3 Å². The van der Waals surface area contributed by atoms with E-state index in [0.29, 0.717) is 12.4 Å². The highest BCUT2D eigenvalue weighted by Crippen LogP contribution is 2.35. The first-order valence-corrected chi connectivity index (χ1v) is 13.4. The number of nitrogens with zero attached hydrogens (tertiary/aromatic N) is 8. The van der Waals surface area contributed by atoms with E-state index in [1.165, 1.54) is 28.2 Å². The van der Waals surface area contributed by atoms with Crippen molar-refractivity contribution in [3.05, 3.63) is 70.0 Å². The van der Waals surface area contributed by atoms with Gasteiger partial charge in [-0.15, -0.1) is 0 Å². The molecule has 0 atom stereocenters. The Balaban J connectivity index is 0.000000334. The summed E-state index contributed by atoms with van der Waals surface area (Å²) >= 11 is 10.6. The molecule has 0 aliphatic heterocycles. The lowest BCUT2D eigenvalue weighted by Gasteiger charge is -2.10. The molecule has 0 bridgehead atoms. The molecule has 0 amide bonds. The molecular weight excluding hydrogens is 755 g/mol. The number of hydrogen-bond acceptors (Lipinski definition) is 12. The van der Waals surface area contributed by atoms with Crippen LogP contribution in [0.4, 0.5) is 76.2 Å². The number of anilines is 4. The van der Waals surface area contributed by atoms with Crippen LogP contribution in [-0.4, -0.2) is 68.1 Å². The molecule has 0 saturated carbocycles. The van der Waals surface area contributed by atoms with Gasteiger partial charge in [0.25, 0.3) is 0 Å². The molecule has 276 valence electrons. The third-order valence-electron chi connectivity index (χ3n) is 5.03. The summed E-state index contributed by atoms with van der Waals surface area (Å²) < 4.78 is 145. The van der Waals surface area contributed by atoms with Crippen LogP contribution in [-0.2, 0) is 24.7 Å². The van der Waals surface area contributed by atoms with Crippen LogP contribution in [0.2, 0.25) is 10.4 Å². The summed E-state index contributed by atoms with van der Waals surface area (Å²) in [5.74, 6) is -0.314. The minimum Gasteiger partial charge on any atom is -0.373 e. The molecule has 4 N–H and O–H groups in total. The summed E-state index contributed by atoms with van der Waals surface area (Å²) in [5.41, 5.74) is -3.67. The Hall–Kier alpha value is -4.74. The highest BCUT2D eigenvalue weighted by Gasteiger charge is 2.36. The van der Waals surface area contributed by atoms with Crippen molar-refractivity contribution in [3.63, 3.8) is 0 Å². The molecule has 50 heavy (non-hydrogen) atoms. The predicted octanol–water partition coefficient (Wildman–Crippen LogP) is 7.46. The van der Waals surface area contributed by atoms with Crippen molar-refractivity contribution in [2.45, 2.75) is 24.7 Å². The lowest BCUT2D eigenvalue weighted by Crippen LogP contribution is -2.11. The molecule has 4 aromatic heterocycles. The summed E-state index contributed by atoms with van der Waals surface area (Å²) in [7, 11) is 5.72. The Morgan fingerprint density at radius 2 is 0.940 bits per heavy atom. The summed E-state index contributed by atoms with van der Waals surface area (Å²) in [6.45, 7) is 0. The molecule has 12 nitrogen and oxygen atoms in total. The first kappa shape index (κ1) is 43.3. The van der Waals surface area contributed by atoms with Gasteiger partial charge >= 0.3 is 24.7 Å². The van der Waals surface area contributed by atoms with Gasteiger partial charge in [0.05, 0.1) is 5.56 Å². The van der Waals surface area contributed by atoms with Gasteiger partial charge in [-0.05, 0) is 11.6 Å². The highest BCUT2D eigenvalue weighted by molar-refractivity contribution is 6.30. The van der Waals surface area contributed by atoms with Crippen LogP contribution in [0.25, 0.3) is 0 Å². The maximum atomic E-state index is 12.2. The van der Waals surface area contributed by atoms with Gasteiger partial charge in [0, 0.05) is 59.2 Å². The molecule has 0 radical (unpaired) electrons. The molecule has 0 saturated heterocycles. The Morgan fingerprint density at radius 3 is 1.34 bits per heavy atom. The first-order valence-electron chi connectivity index (χ1n) is 12.7. The normalized spacial score (nSPS) is 11.4. The van der Waals surface area contributed by atoms with Gasteiger partial charge in [0.2, 0.25) is 17.2 Å². The van der Waals surface area contributed by atoms with Crippen LogP contribution in [0.3, 0.4) is 0 Å². The van der Waals surface area contributed by atoms with Crippen molar-refractivity contribution in [2.24, 2.45) is 0 Å². The van der Waals surface area contributed by atoms with Crippen molar-refractivity contribution in [1.82, 2.24) is 39.9 Å². The van der Waals surface area contributed by atoms with Crippen LogP contribution >= 0.6 is 23.2 Å². The van der Waals surface area contributed by atoms with E-state index in [4.69, 9.17) is 23.2 Å². The van der Waals surface area contributed by atoms with E-state index in [0.717, 1.165) is 24.9 Å². The zero-order valence-electron chi connectivity index (χ0n) is 25.3. The quantitative estimate of drug-likeness (QED) is 0.0926. The summed E-state index contributed by atoms with van der Waals surface area (Å²) in [6.07, 6.45) is -13.2. The zero-order valence-corrected chi connectivity index (χ0v) is 26.8. The standard InChI is InChI=1S/2C6H5ClF3N3.2C6H6F3N3/c1-11-4-3(6(8,9)10)2-12-5(7)13-4;1-11-5-12-2-3(4(7)13-5)6(8,9)10;1-10-5-4(6(7,8)9)2-11-3-12-5;1-10-5-11-2-4(3-12-5)6(7,8)9/h2*2H,1H3,(H,11,12,13);2*2-3H,1H3,(H,10,11,12). The lowest BCUT2D eigenvalue weighted by atomic mass is 10.3. The van der Waals surface area contributed by atoms with Crippen molar-refractivity contribution >= 4 is 46.7 Å². The molecule has 0 aromatic carbocycles. The second-order valence-electron chi connectivity index (χ2n) is 8.37. The second-order valence-corrected chi connectivity index (χ2v) is 9.07. The van der Waals surface area contributed by atoms with Gasteiger partial charge in [-0.3, -0.25) is 0 Å². The number of nitrogens with one attached hydrogen (secondary N) is 4. The molecular formula is C24H22Cl2F12N12. The van der Waals surface area contributed by atoms with E-state index in [1.54, 1.807) is 0 Å². The second kappa shape index (κ2) is 18.3. The molecule has 4 heterocycles. The fraction of sp³-hybridized carbons (Fsp3) is 0.333. The van der Waals surface area contributed by atoms with E-state index < -0.39 is 52.1 Å². The van der Waals surface area contributed by atoms with Crippen LogP contribution in [0.1, 0.15) is 22.3 Å². The van der Waals surface area contributed by atoms with Crippen LogP contribution in [0, 0.1) is 0 Å². The molecule has 0 aliphatic rings. The van der Waals surface area contributed by atoms with Crippen LogP contribution < -0.4 is 21.3 Å². The maximum Gasteiger partial charge on any atom is 0.421 e. The highest BCUT2D eigenvalue weighted by atomic mass is 35.5. The van der Waals surface area contributed by atoms with Gasteiger partial charge in [0.1, 0.15) is 39.8 Å². The van der Waals surface area contributed by atoms with E-state index in [2.05, 4.69) is 61.1 Å². The predicted molar refractivity (Wildman–Crippen MR) is 156 cm³/mol. The minimum absolute atomic E-state index is 0.0537. The fourth-order valence-electron chi connectivity index (χ4n) is 2.77. The van der Waals surface area contributed by atoms with E-state index >= 15 is 0 Å². The van der Waals surface area contributed by atoms with E-state index in [-0.39, 0.29) is 28.8 Å². The fourth-order valence-corrected chi connectivity index (χ4v) is 3.14. The van der Waals surface area contributed by atoms with Crippen molar-refractivity contribution in [1.29, 1.82) is 0 Å². The Kier molecular flexibility index (Phi) is 15.8. The molecule has 0 spiro atoms. The number of alkyl halides is 12. The van der Waals surface area contributed by atoms with Gasteiger partial charge in [-0.25, -0.2) is 39.9 Å². The molecule has 4 rings (SSSR count). The van der Waals surface area contributed by atoms with Crippen molar-refractivity contribution < 1.29 is 52.7 Å². The van der Waals surface area contributed by atoms with Crippen LogP contribution in [0.5, 0.6) is 0 Å². The summed E-state index contributed by atoms with van der Waals surface area (Å²) in [6, 6.07) is 0. The number of aromatic nitrogens is 8. The topological polar surface area (TPSA) is 151 Å². The van der Waals surface area contributed by atoms with Gasteiger partial charge in [-0.1, -0.05) is 11.6 Å². The average molecular weight is 777 g/mol. The number of hydrogen-bond donors (Lipinski definition) is 4. The maximum absolute atomic E-state index is 12.2. The summed E-state index contributed by atoms with van der Waals surface area (Å²) in [5, 5.41) is 8.78. The summed E-state index contributed by atoms with van der Waals surface area (Å²) in [4.78, 5) is 27.0. The van der Waals surface area contributed by atoms with E-state index in [1.807, 2.05) is 0 Å². The molecule has 4 aromatic rings. The molecule has 26 heteroatoms.